The van der Waals surface area contributed by atoms with Crippen molar-refractivity contribution in [3.05, 3.63) is 33.9 Å². The van der Waals surface area contributed by atoms with E-state index in [1.54, 1.807) is 38.0 Å². The fourth-order valence-electron chi connectivity index (χ4n) is 1.82. The van der Waals surface area contributed by atoms with E-state index in [1.165, 1.54) is 11.0 Å². The molecule has 0 aromatic heterocycles. The van der Waals surface area contributed by atoms with Gasteiger partial charge in [0.1, 0.15) is 5.69 Å². The molecule has 1 rings (SSSR count). The molecule has 0 bridgehead atoms. The standard InChI is InChI=1S/C14H21N3O3S/c1-16(2)14(18)11-6-7-12(13(10-11)17(19)20)15-8-4-5-9-21-3/h6-7,10,15H,4-5,8-9H2,1-3H3. The lowest BCUT2D eigenvalue weighted by atomic mass is 10.1. The Morgan fingerprint density at radius 1 is 1.38 bits per heavy atom. The topological polar surface area (TPSA) is 75.5 Å². The minimum absolute atomic E-state index is 0.0624. The van der Waals surface area contributed by atoms with E-state index >= 15 is 0 Å². The van der Waals surface area contributed by atoms with Gasteiger partial charge < -0.3 is 10.2 Å². The number of unbranched alkanes of at least 4 members (excludes halogenated alkanes) is 1. The highest BCUT2D eigenvalue weighted by Crippen LogP contribution is 2.26. The summed E-state index contributed by atoms with van der Waals surface area (Å²) in [5.74, 6) is 0.838. The summed E-state index contributed by atoms with van der Waals surface area (Å²) in [5, 5.41) is 14.2. The molecular weight excluding hydrogens is 290 g/mol. The summed E-state index contributed by atoms with van der Waals surface area (Å²) >= 11 is 1.79. The van der Waals surface area contributed by atoms with Gasteiger partial charge >= 0.3 is 0 Å². The molecular formula is C14H21N3O3S. The number of nitro benzene ring substituents is 1. The molecule has 6 nitrogen and oxygen atoms in total. The maximum Gasteiger partial charge on any atom is 0.293 e. The Labute approximate surface area is 129 Å². The first-order chi connectivity index (χ1) is 9.97. The molecule has 21 heavy (non-hydrogen) atoms. The quantitative estimate of drug-likeness (QED) is 0.454. The van der Waals surface area contributed by atoms with Crippen LogP contribution in [0.4, 0.5) is 11.4 Å². The highest BCUT2D eigenvalue weighted by molar-refractivity contribution is 7.98. The molecule has 0 fully saturated rings. The normalized spacial score (nSPS) is 10.2. The van der Waals surface area contributed by atoms with Gasteiger partial charge in [-0.1, -0.05) is 0 Å². The fourth-order valence-corrected chi connectivity index (χ4v) is 2.31. The number of carbonyl (C=O) groups excluding carboxylic acids is 1. The summed E-state index contributed by atoms with van der Waals surface area (Å²) < 4.78 is 0. The third kappa shape index (κ3) is 5.26. The number of nitrogens with one attached hydrogen (secondary N) is 1. The van der Waals surface area contributed by atoms with Gasteiger partial charge in [-0.3, -0.25) is 14.9 Å². The number of carbonyl (C=O) groups is 1. The molecule has 0 unspecified atom stereocenters. The van der Waals surface area contributed by atoms with Crippen LogP contribution in [0.25, 0.3) is 0 Å². The molecule has 1 aromatic rings. The zero-order valence-corrected chi connectivity index (χ0v) is 13.4. The van der Waals surface area contributed by atoms with E-state index in [2.05, 4.69) is 11.6 Å². The van der Waals surface area contributed by atoms with E-state index in [9.17, 15) is 14.9 Å². The number of rotatable bonds is 8. The van der Waals surface area contributed by atoms with Crippen molar-refractivity contribution >= 4 is 29.0 Å². The Morgan fingerprint density at radius 3 is 2.67 bits per heavy atom. The van der Waals surface area contributed by atoms with Crippen molar-refractivity contribution in [1.82, 2.24) is 4.90 Å². The summed E-state index contributed by atoms with van der Waals surface area (Å²) in [4.78, 5) is 23.9. The molecule has 0 spiro atoms. The molecule has 0 radical (unpaired) electrons. The summed E-state index contributed by atoms with van der Waals surface area (Å²) in [7, 11) is 3.23. The van der Waals surface area contributed by atoms with Crippen molar-refractivity contribution in [2.45, 2.75) is 12.8 Å². The minimum Gasteiger partial charge on any atom is -0.379 e. The molecule has 1 aromatic carbocycles. The molecule has 0 atom stereocenters. The molecule has 0 saturated carbocycles. The molecule has 1 N–H and O–H groups in total. The zero-order valence-electron chi connectivity index (χ0n) is 12.6. The van der Waals surface area contributed by atoms with E-state index in [4.69, 9.17) is 0 Å². The fraction of sp³-hybridized carbons (Fsp3) is 0.500. The number of thioether (sulfide) groups is 1. The van der Waals surface area contributed by atoms with Crippen molar-refractivity contribution in [1.29, 1.82) is 0 Å². The number of hydrogen-bond acceptors (Lipinski definition) is 5. The van der Waals surface area contributed by atoms with E-state index in [1.807, 2.05) is 0 Å². The summed E-state index contributed by atoms with van der Waals surface area (Å²) in [6.07, 6.45) is 4.08. The number of amides is 1. The second-order valence-electron chi connectivity index (χ2n) is 4.82. The van der Waals surface area contributed by atoms with Gasteiger partial charge in [0.25, 0.3) is 11.6 Å². The van der Waals surface area contributed by atoms with Crippen LogP contribution in [0.1, 0.15) is 23.2 Å². The Bertz CT molecular complexity index is 506. The molecule has 0 aliphatic rings. The van der Waals surface area contributed by atoms with Crippen molar-refractivity contribution in [2.75, 3.05) is 38.0 Å². The zero-order chi connectivity index (χ0) is 15.8. The van der Waals surface area contributed by atoms with Gasteiger partial charge in [0.05, 0.1) is 4.92 Å². The van der Waals surface area contributed by atoms with Crippen LogP contribution in [0.3, 0.4) is 0 Å². The maximum atomic E-state index is 11.8. The van der Waals surface area contributed by atoms with Gasteiger partial charge in [-0.05, 0) is 37.0 Å². The smallest absolute Gasteiger partial charge is 0.293 e. The first-order valence-corrected chi connectivity index (χ1v) is 8.09. The number of anilines is 1. The first-order valence-electron chi connectivity index (χ1n) is 6.70. The van der Waals surface area contributed by atoms with Gasteiger partial charge in [-0.2, -0.15) is 11.8 Å². The van der Waals surface area contributed by atoms with Crippen molar-refractivity contribution in [3.63, 3.8) is 0 Å². The van der Waals surface area contributed by atoms with E-state index in [0.29, 0.717) is 17.8 Å². The number of nitro groups is 1. The second kappa shape index (κ2) is 8.51. The lowest BCUT2D eigenvalue weighted by molar-refractivity contribution is -0.384. The van der Waals surface area contributed by atoms with E-state index < -0.39 is 4.92 Å². The van der Waals surface area contributed by atoms with Gasteiger partial charge in [0, 0.05) is 32.3 Å². The third-order valence-corrected chi connectivity index (χ3v) is 3.64. The van der Waals surface area contributed by atoms with Crippen molar-refractivity contribution < 1.29 is 9.72 Å². The summed E-state index contributed by atoms with van der Waals surface area (Å²) in [6.45, 7) is 0.683. The number of hydrogen-bond donors (Lipinski definition) is 1. The van der Waals surface area contributed by atoms with Crippen LogP contribution in [0, 0.1) is 10.1 Å². The lowest BCUT2D eigenvalue weighted by Gasteiger charge is -2.12. The van der Waals surface area contributed by atoms with Gasteiger partial charge in [0.15, 0.2) is 0 Å². The molecule has 0 aliphatic carbocycles. The van der Waals surface area contributed by atoms with Crippen LogP contribution >= 0.6 is 11.8 Å². The highest BCUT2D eigenvalue weighted by atomic mass is 32.2. The Kier molecular flexibility index (Phi) is 7.01. The van der Waals surface area contributed by atoms with Crippen LogP contribution in [0.5, 0.6) is 0 Å². The van der Waals surface area contributed by atoms with E-state index in [-0.39, 0.29) is 11.6 Å². The van der Waals surface area contributed by atoms with E-state index in [0.717, 1.165) is 18.6 Å². The number of benzene rings is 1. The van der Waals surface area contributed by atoms with Crippen LogP contribution in [0.2, 0.25) is 0 Å². The Morgan fingerprint density at radius 2 is 2.10 bits per heavy atom. The van der Waals surface area contributed by atoms with Crippen LogP contribution in [-0.2, 0) is 0 Å². The third-order valence-electron chi connectivity index (χ3n) is 2.94. The molecule has 0 aliphatic heterocycles. The average Bonchev–Trinajstić information content (AvgIpc) is 2.46. The summed E-state index contributed by atoms with van der Waals surface area (Å²) in [6, 6.07) is 4.54. The SMILES string of the molecule is CSCCCCNc1ccc(C(=O)N(C)C)cc1[N+](=O)[O-]. The monoisotopic (exact) mass is 311 g/mol. The first kappa shape index (κ1) is 17.3. The Balaban J connectivity index is 2.80. The molecule has 7 heteroatoms. The second-order valence-corrected chi connectivity index (χ2v) is 5.80. The Hall–Kier alpha value is -1.76. The maximum absolute atomic E-state index is 11.8. The largest absolute Gasteiger partial charge is 0.379 e. The van der Waals surface area contributed by atoms with Crippen LogP contribution < -0.4 is 5.32 Å². The molecule has 0 heterocycles. The average molecular weight is 311 g/mol. The predicted molar refractivity (Wildman–Crippen MR) is 87.2 cm³/mol. The minimum atomic E-state index is -0.462. The van der Waals surface area contributed by atoms with Crippen molar-refractivity contribution in [3.8, 4) is 0 Å². The highest BCUT2D eigenvalue weighted by Gasteiger charge is 2.18. The molecule has 116 valence electrons. The van der Waals surface area contributed by atoms with Gasteiger partial charge in [-0.15, -0.1) is 0 Å². The molecule has 0 saturated heterocycles. The van der Waals surface area contributed by atoms with Crippen LogP contribution in [0.15, 0.2) is 18.2 Å². The number of nitrogens with zero attached hydrogens (tertiary/aromatic N) is 2. The van der Waals surface area contributed by atoms with Gasteiger partial charge in [-0.25, -0.2) is 0 Å². The van der Waals surface area contributed by atoms with Crippen LogP contribution in [-0.4, -0.2) is 48.4 Å². The van der Waals surface area contributed by atoms with Crippen molar-refractivity contribution in [2.24, 2.45) is 0 Å². The summed E-state index contributed by atoms with van der Waals surface area (Å²) in [5.41, 5.74) is 0.714. The van der Waals surface area contributed by atoms with Gasteiger partial charge in [0.2, 0.25) is 0 Å². The lowest BCUT2D eigenvalue weighted by Crippen LogP contribution is -2.21. The predicted octanol–water partition coefficient (Wildman–Crippen LogP) is 2.85. The molecule has 1 amide bonds.